The lowest BCUT2D eigenvalue weighted by atomic mass is 10.4. The molecule has 120 valence electrons. The molecule has 0 bridgehead atoms. The van der Waals surface area contributed by atoms with Crippen molar-refractivity contribution < 1.29 is 19.4 Å². The van der Waals surface area contributed by atoms with Crippen LogP contribution in [0.15, 0.2) is 0 Å². The van der Waals surface area contributed by atoms with Crippen LogP contribution < -0.4 is 0 Å². The van der Waals surface area contributed by atoms with E-state index in [1.807, 2.05) is 51.8 Å². The third kappa shape index (κ3) is 7.04. The fourth-order valence-corrected chi connectivity index (χ4v) is 1.72. The first kappa shape index (κ1) is 19.1. The molecule has 0 saturated carbocycles. The van der Waals surface area contributed by atoms with Gasteiger partial charge in [-0.25, -0.2) is 4.79 Å². The number of likely N-dealkylation sites (N-methyl/N-ethyl adjacent to an activating group) is 2. The van der Waals surface area contributed by atoms with Gasteiger partial charge in [-0.05, 0) is 42.0 Å². The Kier molecular flexibility index (Phi) is 9.49. The summed E-state index contributed by atoms with van der Waals surface area (Å²) in [4.78, 5) is 16.5. The third-order valence-corrected chi connectivity index (χ3v) is 2.89. The van der Waals surface area contributed by atoms with Crippen molar-refractivity contribution in [2.75, 3.05) is 54.5 Å². The van der Waals surface area contributed by atoms with E-state index in [0.29, 0.717) is 13.2 Å². The van der Waals surface area contributed by atoms with Crippen LogP contribution in [-0.4, -0.2) is 92.8 Å². The molecule has 7 heteroatoms. The lowest BCUT2D eigenvalue weighted by Gasteiger charge is -2.33. The number of carboxylic acid groups (broad SMARTS) is 1. The Morgan fingerprint density at radius 1 is 0.950 bits per heavy atom. The molecule has 0 fully saturated rings. The quantitative estimate of drug-likeness (QED) is 0.601. The standard InChI is InChI=1S/C13H29N3O4/c1-7-19-11(14(3)4)9-16(13(17)18)10-12(15(5)6)20-8-2/h11-12H,7-10H2,1-6H3,(H,17,18). The van der Waals surface area contributed by atoms with Crippen molar-refractivity contribution in [3.05, 3.63) is 0 Å². The van der Waals surface area contributed by atoms with Crippen molar-refractivity contribution >= 4 is 6.09 Å². The first-order chi connectivity index (χ1) is 9.33. The molecule has 0 aliphatic heterocycles. The molecule has 0 aliphatic rings. The van der Waals surface area contributed by atoms with E-state index in [1.165, 1.54) is 4.90 Å². The Bertz CT molecular complexity index is 254. The number of nitrogens with zero attached hydrogens (tertiary/aromatic N) is 3. The second-order valence-corrected chi connectivity index (χ2v) is 4.93. The summed E-state index contributed by atoms with van der Waals surface area (Å²) in [5.41, 5.74) is 0. The van der Waals surface area contributed by atoms with Crippen LogP contribution in [0.3, 0.4) is 0 Å². The maximum absolute atomic E-state index is 11.4. The maximum atomic E-state index is 11.4. The minimum atomic E-state index is -0.969. The molecular formula is C13H29N3O4. The Balaban J connectivity index is 4.73. The normalized spacial score (nSPS) is 14.6. The monoisotopic (exact) mass is 291 g/mol. The van der Waals surface area contributed by atoms with Gasteiger partial charge in [-0.1, -0.05) is 0 Å². The van der Waals surface area contributed by atoms with Crippen molar-refractivity contribution in [1.29, 1.82) is 0 Å². The van der Waals surface area contributed by atoms with Gasteiger partial charge < -0.3 is 19.5 Å². The molecule has 2 atom stereocenters. The molecular weight excluding hydrogens is 262 g/mol. The van der Waals surface area contributed by atoms with E-state index in [4.69, 9.17) is 9.47 Å². The van der Waals surface area contributed by atoms with Crippen LogP contribution in [0, 0.1) is 0 Å². The molecule has 0 heterocycles. The predicted molar refractivity (Wildman–Crippen MR) is 77.8 cm³/mol. The maximum Gasteiger partial charge on any atom is 0.407 e. The fourth-order valence-electron chi connectivity index (χ4n) is 1.72. The SMILES string of the molecule is CCOC(CN(CC(OCC)N(C)C)C(=O)O)N(C)C. The minimum absolute atomic E-state index is 0.263. The molecule has 20 heavy (non-hydrogen) atoms. The Morgan fingerprint density at radius 2 is 1.30 bits per heavy atom. The van der Waals surface area contributed by atoms with E-state index in [0.717, 1.165) is 0 Å². The summed E-state index contributed by atoms with van der Waals surface area (Å²) in [7, 11) is 7.47. The van der Waals surface area contributed by atoms with Crippen LogP contribution in [-0.2, 0) is 9.47 Å². The van der Waals surface area contributed by atoms with E-state index in [1.54, 1.807) is 0 Å². The van der Waals surface area contributed by atoms with E-state index < -0.39 is 6.09 Å². The molecule has 0 aromatic carbocycles. The van der Waals surface area contributed by atoms with E-state index in [-0.39, 0.29) is 25.5 Å². The summed E-state index contributed by atoms with van der Waals surface area (Å²) in [5.74, 6) is 0. The van der Waals surface area contributed by atoms with Gasteiger partial charge in [0.2, 0.25) is 0 Å². The predicted octanol–water partition coefficient (Wildman–Crippen LogP) is 0.815. The zero-order valence-electron chi connectivity index (χ0n) is 13.5. The molecule has 0 radical (unpaired) electrons. The summed E-state index contributed by atoms with van der Waals surface area (Å²) in [5, 5.41) is 9.35. The molecule has 0 aromatic heterocycles. The minimum Gasteiger partial charge on any atom is -0.465 e. The van der Waals surface area contributed by atoms with Gasteiger partial charge in [-0.15, -0.1) is 0 Å². The zero-order valence-corrected chi connectivity index (χ0v) is 13.5. The second kappa shape index (κ2) is 9.93. The van der Waals surface area contributed by atoms with Crippen LogP contribution in [0.4, 0.5) is 4.79 Å². The summed E-state index contributed by atoms with van der Waals surface area (Å²) in [6.45, 7) is 5.44. The summed E-state index contributed by atoms with van der Waals surface area (Å²) >= 11 is 0. The van der Waals surface area contributed by atoms with Crippen molar-refractivity contribution in [2.24, 2.45) is 0 Å². The summed E-state index contributed by atoms with van der Waals surface area (Å²) < 4.78 is 11.1. The van der Waals surface area contributed by atoms with Gasteiger partial charge >= 0.3 is 6.09 Å². The highest BCUT2D eigenvalue weighted by Gasteiger charge is 2.24. The first-order valence-electron chi connectivity index (χ1n) is 6.87. The van der Waals surface area contributed by atoms with Gasteiger partial charge in [0.25, 0.3) is 0 Å². The average molecular weight is 291 g/mol. The van der Waals surface area contributed by atoms with Crippen LogP contribution in [0.25, 0.3) is 0 Å². The van der Waals surface area contributed by atoms with Gasteiger partial charge in [0.15, 0.2) is 0 Å². The molecule has 2 unspecified atom stereocenters. The molecule has 0 aliphatic carbocycles. The highest BCUT2D eigenvalue weighted by molar-refractivity contribution is 5.65. The van der Waals surface area contributed by atoms with Crippen LogP contribution in [0.2, 0.25) is 0 Å². The second-order valence-electron chi connectivity index (χ2n) is 4.93. The van der Waals surface area contributed by atoms with Gasteiger partial charge in [0.1, 0.15) is 12.5 Å². The lowest BCUT2D eigenvalue weighted by Crippen LogP contribution is -2.49. The van der Waals surface area contributed by atoms with Crippen molar-refractivity contribution in [3.8, 4) is 0 Å². The largest absolute Gasteiger partial charge is 0.465 e. The average Bonchev–Trinajstić information content (AvgIpc) is 2.35. The number of rotatable bonds is 10. The molecule has 7 nitrogen and oxygen atoms in total. The van der Waals surface area contributed by atoms with Crippen LogP contribution in [0.5, 0.6) is 0 Å². The summed E-state index contributed by atoms with van der Waals surface area (Å²) in [6.07, 6.45) is -1.50. The smallest absolute Gasteiger partial charge is 0.407 e. The van der Waals surface area contributed by atoms with E-state index >= 15 is 0 Å². The van der Waals surface area contributed by atoms with Gasteiger partial charge in [0.05, 0.1) is 13.1 Å². The Hall–Kier alpha value is -0.890. The Labute approximate surface area is 122 Å². The summed E-state index contributed by atoms with van der Waals surface area (Å²) in [6, 6.07) is 0. The third-order valence-electron chi connectivity index (χ3n) is 2.89. The van der Waals surface area contributed by atoms with Crippen molar-refractivity contribution in [1.82, 2.24) is 14.7 Å². The highest BCUT2D eigenvalue weighted by Crippen LogP contribution is 2.06. The number of hydrogen-bond donors (Lipinski definition) is 1. The van der Waals surface area contributed by atoms with Gasteiger partial charge in [0, 0.05) is 13.2 Å². The van der Waals surface area contributed by atoms with Gasteiger partial charge in [-0.2, -0.15) is 0 Å². The molecule has 1 amide bonds. The fraction of sp³-hybridized carbons (Fsp3) is 0.923. The van der Waals surface area contributed by atoms with Crippen LogP contribution in [0.1, 0.15) is 13.8 Å². The molecule has 0 aromatic rings. The van der Waals surface area contributed by atoms with E-state index in [9.17, 15) is 9.90 Å². The molecule has 0 rings (SSSR count). The molecule has 0 saturated heterocycles. The number of carbonyl (C=O) groups is 1. The van der Waals surface area contributed by atoms with Gasteiger partial charge in [-0.3, -0.25) is 9.80 Å². The van der Waals surface area contributed by atoms with Crippen molar-refractivity contribution in [2.45, 2.75) is 26.3 Å². The molecule has 0 spiro atoms. The number of hydrogen-bond acceptors (Lipinski definition) is 5. The Morgan fingerprint density at radius 3 is 1.50 bits per heavy atom. The zero-order chi connectivity index (χ0) is 15.7. The van der Waals surface area contributed by atoms with E-state index in [2.05, 4.69) is 0 Å². The topological polar surface area (TPSA) is 65.5 Å². The number of amides is 1. The lowest BCUT2D eigenvalue weighted by molar-refractivity contribution is -0.0739. The number of ether oxygens (including phenoxy) is 2. The molecule has 1 N–H and O–H groups in total. The first-order valence-corrected chi connectivity index (χ1v) is 6.87. The highest BCUT2D eigenvalue weighted by atomic mass is 16.5. The van der Waals surface area contributed by atoms with Crippen LogP contribution >= 0.6 is 0 Å². The van der Waals surface area contributed by atoms with Crippen molar-refractivity contribution in [3.63, 3.8) is 0 Å².